The predicted molar refractivity (Wildman–Crippen MR) is 100 cm³/mol. The zero-order chi connectivity index (χ0) is 18.4. The smallest absolute Gasteiger partial charge is 0.243 e. The van der Waals surface area contributed by atoms with E-state index < -0.39 is 10.0 Å². The van der Waals surface area contributed by atoms with E-state index in [1.165, 1.54) is 30.7 Å². The standard InChI is InChI=1S/C16H25N3O5S.ClH/c1-23-14-6-5-13(10-15(14)24-2)25(21,22)19-9-3-4-12(11-19)16(20)18-8-7-17;/h5-6,10,12H,3-4,7-9,11,17H2,1-2H3,(H,18,20);1H. The van der Waals surface area contributed by atoms with Gasteiger partial charge in [-0.05, 0) is 25.0 Å². The molecule has 0 radical (unpaired) electrons. The van der Waals surface area contributed by atoms with Gasteiger partial charge in [-0.2, -0.15) is 4.31 Å². The lowest BCUT2D eigenvalue weighted by Gasteiger charge is -2.31. The van der Waals surface area contributed by atoms with Gasteiger partial charge in [-0.25, -0.2) is 8.42 Å². The largest absolute Gasteiger partial charge is 0.493 e. The van der Waals surface area contributed by atoms with E-state index in [-0.39, 0.29) is 35.7 Å². The van der Waals surface area contributed by atoms with Crippen LogP contribution in [0.4, 0.5) is 0 Å². The first-order valence-corrected chi connectivity index (χ1v) is 9.58. The molecule has 1 heterocycles. The van der Waals surface area contributed by atoms with Gasteiger partial charge in [0.25, 0.3) is 0 Å². The van der Waals surface area contributed by atoms with Crippen LogP contribution in [0.3, 0.4) is 0 Å². The van der Waals surface area contributed by atoms with E-state index in [4.69, 9.17) is 15.2 Å². The molecule has 1 fully saturated rings. The lowest BCUT2D eigenvalue weighted by atomic mass is 9.99. The highest BCUT2D eigenvalue weighted by Crippen LogP contribution is 2.32. The molecule has 3 N–H and O–H groups in total. The summed E-state index contributed by atoms with van der Waals surface area (Å²) in [5.74, 6) is 0.282. The average Bonchev–Trinajstić information content (AvgIpc) is 2.65. The third-order valence-corrected chi connectivity index (χ3v) is 6.05. The summed E-state index contributed by atoms with van der Waals surface area (Å²) in [4.78, 5) is 12.2. The second kappa shape index (κ2) is 9.96. The molecule has 26 heavy (non-hydrogen) atoms. The third-order valence-electron chi connectivity index (χ3n) is 4.19. The molecule has 1 aromatic carbocycles. The molecule has 1 amide bonds. The number of nitrogens with one attached hydrogen (secondary N) is 1. The van der Waals surface area contributed by atoms with Gasteiger partial charge in [0.15, 0.2) is 11.5 Å². The zero-order valence-electron chi connectivity index (χ0n) is 14.9. The van der Waals surface area contributed by atoms with Crippen LogP contribution in [-0.4, -0.2) is 59.0 Å². The van der Waals surface area contributed by atoms with Crippen LogP contribution in [0.1, 0.15) is 12.8 Å². The van der Waals surface area contributed by atoms with Crippen molar-refractivity contribution >= 4 is 28.3 Å². The quantitative estimate of drug-likeness (QED) is 0.684. The zero-order valence-corrected chi connectivity index (χ0v) is 16.6. The predicted octanol–water partition coefficient (Wildman–Crippen LogP) is 0.601. The summed E-state index contributed by atoms with van der Waals surface area (Å²) < 4.78 is 37.5. The topological polar surface area (TPSA) is 111 Å². The van der Waals surface area contributed by atoms with Crippen LogP contribution in [0.25, 0.3) is 0 Å². The van der Waals surface area contributed by atoms with Crippen LogP contribution < -0.4 is 20.5 Å². The van der Waals surface area contributed by atoms with Crippen LogP contribution in [0.2, 0.25) is 0 Å². The van der Waals surface area contributed by atoms with Crippen molar-refractivity contribution in [3.63, 3.8) is 0 Å². The van der Waals surface area contributed by atoms with Crippen LogP contribution in [-0.2, 0) is 14.8 Å². The Balaban J connectivity index is 0.00000338. The number of nitrogens with zero attached hydrogens (tertiary/aromatic N) is 1. The van der Waals surface area contributed by atoms with E-state index in [9.17, 15) is 13.2 Å². The lowest BCUT2D eigenvalue weighted by molar-refractivity contribution is -0.126. The molecular weight excluding hydrogens is 382 g/mol. The van der Waals surface area contributed by atoms with Gasteiger partial charge in [0.2, 0.25) is 15.9 Å². The Bertz CT molecular complexity index is 714. The number of halogens is 1. The fourth-order valence-electron chi connectivity index (χ4n) is 2.84. The second-order valence-electron chi connectivity index (χ2n) is 5.80. The minimum atomic E-state index is -3.71. The molecule has 1 aliphatic rings. The molecular formula is C16H26ClN3O5S. The van der Waals surface area contributed by atoms with Crippen molar-refractivity contribution < 1.29 is 22.7 Å². The number of methoxy groups -OCH3 is 2. The van der Waals surface area contributed by atoms with Crippen LogP contribution in [0.5, 0.6) is 11.5 Å². The molecule has 2 rings (SSSR count). The van der Waals surface area contributed by atoms with Crippen molar-refractivity contribution in [3.8, 4) is 11.5 Å². The Kier molecular flexibility index (Phi) is 8.61. The van der Waals surface area contributed by atoms with Crippen LogP contribution >= 0.6 is 12.4 Å². The van der Waals surface area contributed by atoms with Crippen molar-refractivity contribution in [2.75, 3.05) is 40.4 Å². The van der Waals surface area contributed by atoms with E-state index in [1.54, 1.807) is 6.07 Å². The molecule has 0 spiro atoms. The highest BCUT2D eigenvalue weighted by Gasteiger charge is 2.33. The van der Waals surface area contributed by atoms with Gasteiger partial charge in [0.05, 0.1) is 25.0 Å². The van der Waals surface area contributed by atoms with E-state index in [2.05, 4.69) is 5.32 Å². The molecule has 8 nitrogen and oxygen atoms in total. The average molecular weight is 408 g/mol. The Labute approximate surface area is 160 Å². The fourth-order valence-corrected chi connectivity index (χ4v) is 4.38. The Morgan fingerprint density at radius 1 is 1.31 bits per heavy atom. The molecule has 0 bridgehead atoms. The lowest BCUT2D eigenvalue weighted by Crippen LogP contribution is -2.46. The maximum absolute atomic E-state index is 12.9. The van der Waals surface area contributed by atoms with Crippen LogP contribution in [0, 0.1) is 5.92 Å². The molecule has 0 aromatic heterocycles. The van der Waals surface area contributed by atoms with E-state index in [0.717, 1.165) is 0 Å². The number of amides is 1. The van der Waals surface area contributed by atoms with E-state index in [0.29, 0.717) is 44.0 Å². The maximum atomic E-state index is 12.9. The number of benzene rings is 1. The SMILES string of the molecule is COc1ccc(S(=O)(=O)N2CCCC(C(=O)NCCN)C2)cc1OC.Cl. The molecule has 1 saturated heterocycles. The summed E-state index contributed by atoms with van der Waals surface area (Å²) in [7, 11) is -0.775. The number of hydrogen-bond acceptors (Lipinski definition) is 6. The Morgan fingerprint density at radius 3 is 2.62 bits per heavy atom. The first kappa shape index (κ1) is 22.5. The molecule has 1 aromatic rings. The highest BCUT2D eigenvalue weighted by molar-refractivity contribution is 7.89. The minimum absolute atomic E-state index is 0. The summed E-state index contributed by atoms with van der Waals surface area (Å²) in [5, 5.41) is 2.73. The van der Waals surface area contributed by atoms with Gasteiger partial charge in [0, 0.05) is 32.2 Å². The van der Waals surface area contributed by atoms with Gasteiger partial charge in [0.1, 0.15) is 0 Å². The van der Waals surface area contributed by atoms with Gasteiger partial charge in [-0.15, -0.1) is 12.4 Å². The number of nitrogens with two attached hydrogens (primary N) is 1. The van der Waals surface area contributed by atoms with Gasteiger partial charge < -0.3 is 20.5 Å². The van der Waals surface area contributed by atoms with Crippen molar-refractivity contribution in [2.24, 2.45) is 11.7 Å². The molecule has 1 atom stereocenters. The van der Waals surface area contributed by atoms with Crippen molar-refractivity contribution in [1.29, 1.82) is 0 Å². The summed E-state index contributed by atoms with van der Waals surface area (Å²) in [6.45, 7) is 1.29. The molecule has 10 heteroatoms. The number of ether oxygens (including phenoxy) is 2. The third kappa shape index (κ3) is 5.00. The van der Waals surface area contributed by atoms with E-state index in [1.807, 2.05) is 0 Å². The molecule has 148 valence electrons. The second-order valence-corrected chi connectivity index (χ2v) is 7.74. The number of hydrogen-bond donors (Lipinski definition) is 2. The molecule has 0 saturated carbocycles. The summed E-state index contributed by atoms with van der Waals surface area (Å²) in [5.41, 5.74) is 5.39. The first-order chi connectivity index (χ1) is 11.9. The Hall–Kier alpha value is -1.55. The summed E-state index contributed by atoms with van der Waals surface area (Å²) in [6, 6.07) is 4.47. The molecule has 1 unspecified atom stereocenters. The van der Waals surface area contributed by atoms with Crippen LogP contribution in [0.15, 0.2) is 23.1 Å². The van der Waals surface area contributed by atoms with Gasteiger partial charge in [-0.1, -0.05) is 0 Å². The van der Waals surface area contributed by atoms with Gasteiger partial charge >= 0.3 is 0 Å². The monoisotopic (exact) mass is 407 g/mol. The van der Waals surface area contributed by atoms with Crippen molar-refractivity contribution in [2.45, 2.75) is 17.7 Å². The maximum Gasteiger partial charge on any atom is 0.243 e. The Morgan fingerprint density at radius 2 is 2.00 bits per heavy atom. The number of rotatable bonds is 7. The van der Waals surface area contributed by atoms with Crippen molar-refractivity contribution in [3.05, 3.63) is 18.2 Å². The minimum Gasteiger partial charge on any atom is -0.493 e. The normalized spacial score (nSPS) is 17.9. The van der Waals surface area contributed by atoms with Crippen molar-refractivity contribution in [1.82, 2.24) is 9.62 Å². The van der Waals surface area contributed by atoms with Gasteiger partial charge in [-0.3, -0.25) is 4.79 Å². The number of carbonyl (C=O) groups is 1. The van der Waals surface area contributed by atoms with E-state index >= 15 is 0 Å². The summed E-state index contributed by atoms with van der Waals surface area (Å²) in [6.07, 6.45) is 1.29. The summed E-state index contributed by atoms with van der Waals surface area (Å²) >= 11 is 0. The molecule has 1 aliphatic heterocycles. The first-order valence-electron chi connectivity index (χ1n) is 8.14. The number of piperidine rings is 1. The highest BCUT2D eigenvalue weighted by atomic mass is 35.5. The number of carbonyl (C=O) groups excluding carboxylic acids is 1. The molecule has 0 aliphatic carbocycles. The number of sulfonamides is 1. The fraction of sp³-hybridized carbons (Fsp3) is 0.562.